The molecule has 1 amide bonds. The van der Waals surface area contributed by atoms with E-state index in [0.29, 0.717) is 18.5 Å². The Morgan fingerprint density at radius 1 is 0.825 bits per heavy atom. The Morgan fingerprint density at radius 3 is 2.17 bits per heavy atom. The van der Waals surface area contributed by atoms with Crippen molar-refractivity contribution in [3.63, 3.8) is 0 Å². The quantitative estimate of drug-likeness (QED) is 0.145. The van der Waals surface area contributed by atoms with Crippen molar-refractivity contribution >= 4 is 29.3 Å². The Bertz CT molecular complexity index is 1200. The molecular weight excluding hydrogens is 526 g/mol. The third kappa shape index (κ3) is 9.48. The normalized spacial score (nSPS) is 18.8. The van der Waals surface area contributed by atoms with E-state index in [0.717, 1.165) is 48.1 Å². The van der Waals surface area contributed by atoms with Crippen molar-refractivity contribution in [1.29, 1.82) is 0 Å². The van der Waals surface area contributed by atoms with Crippen LogP contribution in [-0.4, -0.2) is 33.9 Å². The summed E-state index contributed by atoms with van der Waals surface area (Å²) in [6.07, 6.45) is 3.60. The predicted molar refractivity (Wildman–Crippen MR) is 156 cm³/mol. The van der Waals surface area contributed by atoms with E-state index in [1.807, 2.05) is 66.7 Å². The predicted octanol–water partition coefficient (Wildman–Crippen LogP) is 6.88. The van der Waals surface area contributed by atoms with Gasteiger partial charge in [-0.2, -0.15) is 0 Å². The van der Waals surface area contributed by atoms with Crippen LogP contribution in [0.25, 0.3) is 0 Å². The van der Waals surface area contributed by atoms with E-state index in [9.17, 15) is 14.7 Å². The first-order valence-corrected chi connectivity index (χ1v) is 14.8. The third-order valence-corrected chi connectivity index (χ3v) is 7.95. The lowest BCUT2D eigenvalue weighted by Gasteiger charge is -2.36. The van der Waals surface area contributed by atoms with Crippen molar-refractivity contribution in [2.45, 2.75) is 74.9 Å². The molecule has 1 fully saturated rings. The molecule has 40 heavy (non-hydrogen) atoms. The molecule has 7 nitrogen and oxygen atoms in total. The van der Waals surface area contributed by atoms with Gasteiger partial charge in [-0.1, -0.05) is 67.4 Å². The number of carboxylic acids is 1. The Hall–Kier alpha value is -3.17. The lowest BCUT2D eigenvalue weighted by Crippen LogP contribution is -2.31. The second-order valence-corrected chi connectivity index (χ2v) is 11.0. The highest BCUT2D eigenvalue weighted by Crippen LogP contribution is 2.39. The van der Waals surface area contributed by atoms with Crippen LogP contribution in [0.15, 0.2) is 83.8 Å². The number of nitrogens with one attached hydrogen (secondary N) is 1. The molecular formula is C32H37NO6S. The number of carbonyl (C=O) groups excluding carboxylic acids is 1. The second kappa shape index (κ2) is 15.6. The van der Waals surface area contributed by atoms with E-state index in [1.165, 1.54) is 4.90 Å². The number of rotatable bonds is 14. The number of amides is 1. The maximum absolute atomic E-state index is 12.3. The summed E-state index contributed by atoms with van der Waals surface area (Å²) in [5, 5.41) is 21.1. The molecule has 3 aromatic rings. The molecule has 1 saturated heterocycles. The van der Waals surface area contributed by atoms with Crippen LogP contribution in [0.4, 0.5) is 5.69 Å². The molecule has 8 heteroatoms. The fourth-order valence-electron chi connectivity index (χ4n) is 4.59. The van der Waals surface area contributed by atoms with Gasteiger partial charge in [0.25, 0.3) is 0 Å². The second-order valence-electron chi connectivity index (χ2n) is 9.95. The molecule has 4 rings (SSSR count). The molecule has 1 heterocycles. The summed E-state index contributed by atoms with van der Waals surface area (Å²) in [5.74, 6) is -0.0425. The smallest absolute Gasteiger partial charge is 0.303 e. The van der Waals surface area contributed by atoms with Crippen molar-refractivity contribution in [2.24, 2.45) is 0 Å². The van der Waals surface area contributed by atoms with Crippen molar-refractivity contribution in [3.8, 4) is 0 Å². The van der Waals surface area contributed by atoms with Crippen LogP contribution >= 0.6 is 11.8 Å². The summed E-state index contributed by atoms with van der Waals surface area (Å²) in [5.41, 5.74) is 3.50. The number of ether oxygens (including phenoxy) is 2. The van der Waals surface area contributed by atoms with Gasteiger partial charge in [0.05, 0.1) is 18.8 Å². The molecule has 0 saturated carbocycles. The summed E-state index contributed by atoms with van der Waals surface area (Å²) in [6.45, 7) is 0.00353. The lowest BCUT2D eigenvalue weighted by atomic mass is 10.0. The Morgan fingerprint density at radius 2 is 1.50 bits per heavy atom. The van der Waals surface area contributed by atoms with Crippen LogP contribution in [0.5, 0.6) is 0 Å². The van der Waals surface area contributed by atoms with Crippen LogP contribution in [0.1, 0.15) is 74.0 Å². The summed E-state index contributed by atoms with van der Waals surface area (Å²) >= 11 is 1.76. The van der Waals surface area contributed by atoms with Crippen LogP contribution in [-0.2, 0) is 25.7 Å². The summed E-state index contributed by atoms with van der Waals surface area (Å²) in [6, 6.07) is 25.7. The van der Waals surface area contributed by atoms with Gasteiger partial charge in [0.1, 0.15) is 0 Å². The molecule has 212 valence electrons. The number of benzene rings is 3. The van der Waals surface area contributed by atoms with Gasteiger partial charge in [-0.05, 0) is 48.2 Å². The molecule has 1 aliphatic heterocycles. The van der Waals surface area contributed by atoms with Crippen LogP contribution in [0, 0.1) is 0 Å². The maximum Gasteiger partial charge on any atom is 0.303 e. The zero-order valence-corrected chi connectivity index (χ0v) is 23.4. The molecule has 0 aromatic heterocycles. The Kier molecular flexibility index (Phi) is 11.6. The van der Waals surface area contributed by atoms with Crippen molar-refractivity contribution in [1.82, 2.24) is 0 Å². The molecule has 0 bridgehead atoms. The fraction of sp³-hybridized carbons (Fsp3) is 0.375. The number of thioether (sulfide) groups is 1. The topological polar surface area (TPSA) is 105 Å². The minimum atomic E-state index is -0.779. The minimum Gasteiger partial charge on any atom is -0.481 e. The first-order chi connectivity index (χ1) is 19.5. The number of hydrogen-bond donors (Lipinski definition) is 3. The van der Waals surface area contributed by atoms with Gasteiger partial charge >= 0.3 is 5.97 Å². The standard InChI is InChI=1S/C32H37NO6S/c34-21-23-12-14-24(15-13-23)29-20-27(22-40-28-8-4-3-5-9-28)38-32(39-29)25-16-18-26(19-17-25)33-30(35)10-6-1-2-7-11-31(36)37/h3-5,8-9,12-19,27,29,32,34H,1-2,6-7,10-11,20-22H2,(H,33,35)(H,36,37)/t27-,29+,32+/m1/s1. The number of aliphatic hydroxyl groups is 1. The number of aliphatic hydroxyl groups excluding tert-OH is 1. The van der Waals surface area contributed by atoms with Gasteiger partial charge in [0, 0.05) is 41.2 Å². The first kappa shape index (κ1) is 29.8. The van der Waals surface area contributed by atoms with Crippen molar-refractivity contribution in [3.05, 3.63) is 95.6 Å². The highest BCUT2D eigenvalue weighted by Gasteiger charge is 2.32. The number of carbonyl (C=O) groups is 2. The van der Waals surface area contributed by atoms with Crippen molar-refractivity contribution in [2.75, 3.05) is 11.1 Å². The van der Waals surface area contributed by atoms with E-state index in [4.69, 9.17) is 14.6 Å². The molecule has 3 atom stereocenters. The number of hydrogen-bond acceptors (Lipinski definition) is 6. The van der Waals surface area contributed by atoms with Gasteiger partial charge in [0.2, 0.25) is 5.91 Å². The van der Waals surface area contributed by atoms with E-state index in [-0.39, 0.29) is 31.1 Å². The highest BCUT2D eigenvalue weighted by molar-refractivity contribution is 7.99. The largest absolute Gasteiger partial charge is 0.481 e. The number of anilines is 1. The van der Waals surface area contributed by atoms with Gasteiger partial charge in [-0.25, -0.2) is 0 Å². The summed E-state index contributed by atoms with van der Waals surface area (Å²) < 4.78 is 12.8. The molecule has 0 aliphatic carbocycles. The Labute approximate surface area is 239 Å². The molecule has 0 unspecified atom stereocenters. The number of aliphatic carboxylic acids is 1. The van der Waals surface area contributed by atoms with Crippen molar-refractivity contribution < 1.29 is 29.3 Å². The number of unbranched alkanes of at least 4 members (excludes halogenated alkanes) is 3. The van der Waals surface area contributed by atoms with Gasteiger partial charge in [0.15, 0.2) is 6.29 Å². The van der Waals surface area contributed by atoms with E-state index >= 15 is 0 Å². The van der Waals surface area contributed by atoms with Crippen LogP contribution < -0.4 is 5.32 Å². The van der Waals surface area contributed by atoms with E-state index in [1.54, 1.807) is 11.8 Å². The van der Waals surface area contributed by atoms with Gasteiger partial charge < -0.3 is 25.0 Å². The highest BCUT2D eigenvalue weighted by atomic mass is 32.2. The maximum atomic E-state index is 12.3. The first-order valence-electron chi connectivity index (χ1n) is 13.8. The molecule has 1 aliphatic rings. The third-order valence-electron chi connectivity index (χ3n) is 6.81. The molecule has 3 N–H and O–H groups in total. The molecule has 0 spiro atoms. The average Bonchev–Trinajstić information content (AvgIpc) is 2.98. The summed E-state index contributed by atoms with van der Waals surface area (Å²) in [4.78, 5) is 24.1. The summed E-state index contributed by atoms with van der Waals surface area (Å²) in [7, 11) is 0. The van der Waals surface area contributed by atoms with Crippen LogP contribution in [0.2, 0.25) is 0 Å². The zero-order valence-electron chi connectivity index (χ0n) is 22.5. The minimum absolute atomic E-state index is 0.00353. The average molecular weight is 564 g/mol. The van der Waals surface area contributed by atoms with Gasteiger partial charge in [-0.3, -0.25) is 9.59 Å². The van der Waals surface area contributed by atoms with Gasteiger partial charge in [-0.15, -0.1) is 11.8 Å². The molecule has 0 radical (unpaired) electrons. The van der Waals surface area contributed by atoms with E-state index in [2.05, 4.69) is 17.4 Å². The zero-order chi connectivity index (χ0) is 28.2. The van der Waals surface area contributed by atoms with Crippen LogP contribution in [0.3, 0.4) is 0 Å². The SMILES string of the molecule is O=C(O)CCCCCCC(=O)Nc1ccc([C@H]2O[C@@H](CSc3ccccc3)C[C@@H](c3ccc(CO)cc3)O2)cc1. The monoisotopic (exact) mass is 563 g/mol. The number of carboxylic acid groups (broad SMARTS) is 1. The fourth-order valence-corrected chi connectivity index (χ4v) is 5.53. The Balaban J connectivity index is 1.35. The van der Waals surface area contributed by atoms with E-state index < -0.39 is 12.3 Å². The molecule has 3 aromatic carbocycles. The lowest BCUT2D eigenvalue weighted by molar-refractivity contribution is -0.245.